The number of rotatable bonds is 3. The van der Waals surface area contributed by atoms with Crippen LogP contribution in [-0.4, -0.2) is 4.98 Å². The van der Waals surface area contributed by atoms with E-state index in [4.69, 9.17) is 0 Å². The normalized spacial score (nSPS) is 9.71. The van der Waals surface area contributed by atoms with E-state index in [1.807, 2.05) is 48.7 Å². The second kappa shape index (κ2) is 4.67. The van der Waals surface area contributed by atoms with Gasteiger partial charge in [-0.2, -0.15) is 0 Å². The number of hydrogen-bond acceptors (Lipinski definition) is 3. The van der Waals surface area contributed by atoms with E-state index >= 15 is 0 Å². The van der Waals surface area contributed by atoms with Gasteiger partial charge in [0.15, 0.2) is 0 Å². The number of pyridine rings is 1. The molecule has 0 atom stereocenters. The van der Waals surface area contributed by atoms with E-state index in [0.717, 1.165) is 10.6 Å². The second-order valence-electron chi connectivity index (χ2n) is 2.76. The predicted octanol–water partition coefficient (Wildman–Crippen LogP) is 3.20. The van der Waals surface area contributed by atoms with Gasteiger partial charge >= 0.3 is 0 Å². The molecule has 1 aromatic carbocycles. The van der Waals surface area contributed by atoms with Crippen molar-refractivity contribution in [2.24, 2.45) is 0 Å². The summed E-state index contributed by atoms with van der Waals surface area (Å²) in [4.78, 5) is 5.14. The zero-order valence-corrected chi connectivity index (χ0v) is 8.37. The molecular formula is C11H10N2S. The van der Waals surface area contributed by atoms with Crippen LogP contribution in [0.1, 0.15) is 0 Å². The van der Waals surface area contributed by atoms with Crippen molar-refractivity contribution >= 4 is 17.6 Å². The summed E-state index contributed by atoms with van der Waals surface area (Å²) in [7, 11) is 0. The molecule has 1 aromatic heterocycles. The molecule has 0 bridgehead atoms. The first-order valence-corrected chi connectivity index (χ1v) is 5.15. The Hall–Kier alpha value is -1.48. The summed E-state index contributed by atoms with van der Waals surface area (Å²) in [5.41, 5.74) is 1.10. The van der Waals surface area contributed by atoms with Crippen molar-refractivity contribution in [3.63, 3.8) is 0 Å². The monoisotopic (exact) mass is 202 g/mol. The van der Waals surface area contributed by atoms with Gasteiger partial charge in [0.25, 0.3) is 0 Å². The van der Waals surface area contributed by atoms with Crippen LogP contribution in [0.15, 0.2) is 59.8 Å². The summed E-state index contributed by atoms with van der Waals surface area (Å²) >= 11 is 1.56. The molecule has 0 fully saturated rings. The molecule has 0 radical (unpaired) electrons. The highest BCUT2D eigenvalue weighted by Crippen LogP contribution is 2.19. The van der Waals surface area contributed by atoms with Crippen LogP contribution in [-0.2, 0) is 0 Å². The molecule has 0 aliphatic rings. The number of nitrogens with one attached hydrogen (secondary N) is 1. The minimum absolute atomic E-state index is 1.10. The Morgan fingerprint density at radius 2 is 1.86 bits per heavy atom. The molecule has 0 amide bonds. The maximum absolute atomic E-state index is 4.04. The van der Waals surface area contributed by atoms with Crippen LogP contribution in [0.5, 0.6) is 0 Å². The Morgan fingerprint density at radius 3 is 2.57 bits per heavy atom. The van der Waals surface area contributed by atoms with Gasteiger partial charge in [-0.25, -0.2) is 0 Å². The van der Waals surface area contributed by atoms with E-state index in [1.54, 1.807) is 18.1 Å². The molecule has 2 aromatic rings. The van der Waals surface area contributed by atoms with Crippen molar-refractivity contribution in [2.45, 2.75) is 4.90 Å². The zero-order chi connectivity index (χ0) is 9.64. The molecular weight excluding hydrogens is 192 g/mol. The average Bonchev–Trinajstić information content (AvgIpc) is 2.29. The lowest BCUT2D eigenvalue weighted by molar-refractivity contribution is 1.24. The SMILES string of the molecule is c1ccc(NSc2cccnc2)cc1. The molecule has 1 heterocycles. The number of aromatic nitrogens is 1. The Labute approximate surface area is 87.5 Å². The van der Waals surface area contributed by atoms with Gasteiger partial charge in [-0.15, -0.1) is 0 Å². The molecule has 2 rings (SSSR count). The van der Waals surface area contributed by atoms with Gasteiger partial charge in [0, 0.05) is 23.0 Å². The summed E-state index contributed by atoms with van der Waals surface area (Å²) < 4.78 is 3.24. The van der Waals surface area contributed by atoms with Crippen LogP contribution >= 0.6 is 11.9 Å². The molecule has 2 nitrogen and oxygen atoms in total. The maximum atomic E-state index is 4.04. The van der Waals surface area contributed by atoms with Crippen molar-refractivity contribution in [3.05, 3.63) is 54.9 Å². The highest BCUT2D eigenvalue weighted by molar-refractivity contribution is 8.00. The van der Waals surface area contributed by atoms with E-state index in [9.17, 15) is 0 Å². The van der Waals surface area contributed by atoms with Crippen molar-refractivity contribution in [2.75, 3.05) is 4.72 Å². The van der Waals surface area contributed by atoms with E-state index in [1.165, 1.54) is 0 Å². The van der Waals surface area contributed by atoms with Crippen molar-refractivity contribution in [1.82, 2.24) is 4.98 Å². The van der Waals surface area contributed by atoms with Crippen molar-refractivity contribution in [1.29, 1.82) is 0 Å². The number of nitrogens with zero attached hydrogens (tertiary/aromatic N) is 1. The summed E-state index contributed by atoms with van der Waals surface area (Å²) in [6.45, 7) is 0. The number of hydrogen-bond donors (Lipinski definition) is 1. The lowest BCUT2D eigenvalue weighted by Gasteiger charge is -2.03. The Balaban J connectivity index is 1.96. The van der Waals surface area contributed by atoms with Gasteiger partial charge < -0.3 is 4.72 Å². The summed E-state index contributed by atoms with van der Waals surface area (Å²) in [5, 5.41) is 0. The highest BCUT2D eigenvalue weighted by Gasteiger charge is 1.92. The lowest BCUT2D eigenvalue weighted by atomic mass is 10.3. The topological polar surface area (TPSA) is 24.9 Å². The zero-order valence-electron chi connectivity index (χ0n) is 7.55. The lowest BCUT2D eigenvalue weighted by Crippen LogP contribution is -1.85. The van der Waals surface area contributed by atoms with Crippen LogP contribution in [0.4, 0.5) is 5.69 Å². The standard InChI is InChI=1S/C11H10N2S/c1-2-5-10(6-3-1)13-14-11-7-4-8-12-9-11/h1-9,13H. The molecule has 0 unspecified atom stereocenters. The maximum Gasteiger partial charge on any atom is 0.0468 e. The van der Waals surface area contributed by atoms with Crippen molar-refractivity contribution < 1.29 is 0 Å². The highest BCUT2D eigenvalue weighted by atomic mass is 32.2. The molecule has 14 heavy (non-hydrogen) atoms. The first kappa shape index (κ1) is 9.09. The summed E-state index contributed by atoms with van der Waals surface area (Å²) in [5.74, 6) is 0. The Bertz CT molecular complexity index is 336. The smallest absolute Gasteiger partial charge is 0.0468 e. The van der Waals surface area contributed by atoms with Crippen molar-refractivity contribution in [3.8, 4) is 0 Å². The van der Waals surface area contributed by atoms with Gasteiger partial charge in [-0.3, -0.25) is 4.98 Å². The third-order valence-corrected chi connectivity index (χ3v) is 2.51. The van der Waals surface area contributed by atoms with Crippen LogP contribution in [0, 0.1) is 0 Å². The summed E-state index contributed by atoms with van der Waals surface area (Å²) in [6.07, 6.45) is 3.60. The van der Waals surface area contributed by atoms with Crippen LogP contribution in [0.25, 0.3) is 0 Å². The molecule has 0 saturated carbocycles. The van der Waals surface area contributed by atoms with E-state index in [-0.39, 0.29) is 0 Å². The predicted molar refractivity (Wildman–Crippen MR) is 60.2 cm³/mol. The molecule has 0 aliphatic carbocycles. The molecule has 0 spiro atoms. The van der Waals surface area contributed by atoms with E-state index in [2.05, 4.69) is 9.71 Å². The summed E-state index contributed by atoms with van der Waals surface area (Å²) in [6, 6.07) is 14.0. The molecule has 70 valence electrons. The molecule has 3 heteroatoms. The van der Waals surface area contributed by atoms with Crippen LogP contribution < -0.4 is 4.72 Å². The Kier molecular flexibility index (Phi) is 3.03. The minimum Gasteiger partial charge on any atom is -0.326 e. The fourth-order valence-corrected chi connectivity index (χ4v) is 1.66. The fraction of sp³-hybridized carbons (Fsp3) is 0. The van der Waals surface area contributed by atoms with Gasteiger partial charge in [0.2, 0.25) is 0 Å². The van der Waals surface area contributed by atoms with Gasteiger partial charge in [0.05, 0.1) is 0 Å². The first-order valence-electron chi connectivity index (χ1n) is 4.33. The number of benzene rings is 1. The minimum atomic E-state index is 1.10. The number of para-hydroxylation sites is 1. The fourth-order valence-electron chi connectivity index (χ4n) is 1.03. The average molecular weight is 202 g/mol. The third kappa shape index (κ3) is 2.50. The van der Waals surface area contributed by atoms with Gasteiger partial charge in [0.1, 0.15) is 0 Å². The molecule has 1 N–H and O–H groups in total. The van der Waals surface area contributed by atoms with E-state index < -0.39 is 0 Å². The molecule has 0 aliphatic heterocycles. The Morgan fingerprint density at radius 1 is 1.00 bits per heavy atom. The van der Waals surface area contributed by atoms with E-state index in [0.29, 0.717) is 0 Å². The largest absolute Gasteiger partial charge is 0.326 e. The molecule has 0 saturated heterocycles. The second-order valence-corrected chi connectivity index (χ2v) is 3.64. The van der Waals surface area contributed by atoms with Gasteiger partial charge in [-0.1, -0.05) is 18.2 Å². The van der Waals surface area contributed by atoms with Crippen LogP contribution in [0.3, 0.4) is 0 Å². The third-order valence-electron chi connectivity index (χ3n) is 1.69. The van der Waals surface area contributed by atoms with Gasteiger partial charge in [-0.05, 0) is 36.2 Å². The number of anilines is 1. The first-order chi connectivity index (χ1) is 6.95. The quantitative estimate of drug-likeness (QED) is 0.774. The van der Waals surface area contributed by atoms with Crippen LogP contribution in [0.2, 0.25) is 0 Å².